The molecule has 0 heterocycles. The Morgan fingerprint density at radius 2 is 1.70 bits per heavy atom. The van der Waals surface area contributed by atoms with E-state index in [2.05, 4.69) is 0 Å². The summed E-state index contributed by atoms with van der Waals surface area (Å²) in [5.41, 5.74) is -1.05. The van der Waals surface area contributed by atoms with Gasteiger partial charge in [-0.2, -0.15) is 0 Å². The van der Waals surface area contributed by atoms with Crippen LogP contribution in [0, 0.1) is 0 Å². The average Bonchev–Trinajstić information content (AvgIpc) is 2.01. The van der Waals surface area contributed by atoms with Crippen molar-refractivity contribution in [2.45, 2.75) is 45.6 Å². The highest BCUT2D eigenvalue weighted by Gasteiger charge is 2.29. The van der Waals surface area contributed by atoms with E-state index >= 15 is 0 Å². The summed E-state index contributed by atoms with van der Waals surface area (Å²) < 4.78 is 0. The van der Waals surface area contributed by atoms with Gasteiger partial charge in [-0.1, -0.05) is 20.8 Å². The van der Waals surface area contributed by atoms with Gasteiger partial charge in [0, 0.05) is 6.42 Å². The molecule has 1 N–H and O–H groups in total. The first-order chi connectivity index (χ1) is 4.60. The van der Waals surface area contributed by atoms with Crippen LogP contribution in [0.15, 0.2) is 0 Å². The lowest BCUT2D eigenvalue weighted by Gasteiger charge is -2.22. The Kier molecular flexibility index (Phi) is 3.58. The molecule has 2 heteroatoms. The quantitative estimate of drug-likeness (QED) is 0.649. The lowest BCUT2D eigenvalue weighted by molar-refractivity contribution is -0.137. The second kappa shape index (κ2) is 3.71. The molecule has 0 radical (unpaired) electrons. The van der Waals surface area contributed by atoms with Crippen molar-refractivity contribution >= 4 is 5.78 Å². The Balaban J connectivity index is 4.17. The first-order valence-electron chi connectivity index (χ1n) is 3.86. The molecule has 0 saturated carbocycles. The van der Waals surface area contributed by atoms with Crippen molar-refractivity contribution in [1.82, 2.24) is 0 Å². The normalized spacial score (nSPS) is 11.6. The SMILES string of the molecule is CCC(=O)C(O)(CC)CC. The lowest BCUT2D eigenvalue weighted by atomic mass is 9.91. The van der Waals surface area contributed by atoms with E-state index < -0.39 is 5.60 Å². The predicted molar refractivity (Wildman–Crippen MR) is 40.8 cm³/mol. The van der Waals surface area contributed by atoms with Crippen molar-refractivity contribution in [2.24, 2.45) is 0 Å². The molecule has 2 nitrogen and oxygen atoms in total. The molecule has 0 rings (SSSR count). The van der Waals surface area contributed by atoms with Crippen molar-refractivity contribution in [3.8, 4) is 0 Å². The van der Waals surface area contributed by atoms with Gasteiger partial charge in [0.05, 0.1) is 0 Å². The summed E-state index contributed by atoms with van der Waals surface area (Å²) in [7, 11) is 0. The van der Waals surface area contributed by atoms with Gasteiger partial charge in [0.15, 0.2) is 5.78 Å². The fraction of sp³-hybridized carbons (Fsp3) is 0.875. The minimum absolute atomic E-state index is 0.0440. The third-order valence-corrected chi connectivity index (χ3v) is 2.01. The van der Waals surface area contributed by atoms with Crippen LogP contribution >= 0.6 is 0 Å². The van der Waals surface area contributed by atoms with Crippen LogP contribution in [0.25, 0.3) is 0 Å². The number of rotatable bonds is 4. The molecule has 0 unspecified atom stereocenters. The minimum Gasteiger partial charge on any atom is -0.382 e. The zero-order valence-corrected chi connectivity index (χ0v) is 6.98. The molecule has 10 heavy (non-hydrogen) atoms. The van der Waals surface area contributed by atoms with E-state index in [9.17, 15) is 9.90 Å². The number of aliphatic hydroxyl groups is 1. The van der Waals surface area contributed by atoms with Gasteiger partial charge in [-0.05, 0) is 12.8 Å². The van der Waals surface area contributed by atoms with Crippen molar-refractivity contribution in [3.05, 3.63) is 0 Å². The molecular formula is C8H16O2. The van der Waals surface area contributed by atoms with E-state index in [1.165, 1.54) is 0 Å². The summed E-state index contributed by atoms with van der Waals surface area (Å²) in [4.78, 5) is 11.0. The first kappa shape index (κ1) is 9.63. The number of carbonyl (C=O) groups is 1. The molecule has 0 bridgehead atoms. The molecule has 0 aromatic carbocycles. The summed E-state index contributed by atoms with van der Waals surface area (Å²) in [6.45, 7) is 5.44. The maximum Gasteiger partial charge on any atom is 0.164 e. The standard InChI is InChI=1S/C8H16O2/c1-4-7(9)8(10,5-2)6-3/h10H,4-6H2,1-3H3. The molecular weight excluding hydrogens is 128 g/mol. The van der Waals surface area contributed by atoms with Crippen LogP contribution < -0.4 is 0 Å². The number of ketones is 1. The summed E-state index contributed by atoms with van der Waals surface area (Å²) in [6, 6.07) is 0. The molecule has 0 aliphatic carbocycles. The molecule has 0 amide bonds. The van der Waals surface area contributed by atoms with Crippen LogP contribution in [0.4, 0.5) is 0 Å². The third-order valence-electron chi connectivity index (χ3n) is 2.01. The second-order valence-corrected chi connectivity index (χ2v) is 2.52. The van der Waals surface area contributed by atoms with Crippen LogP contribution in [0.5, 0.6) is 0 Å². The van der Waals surface area contributed by atoms with Gasteiger partial charge in [0.25, 0.3) is 0 Å². The molecule has 0 saturated heterocycles. The lowest BCUT2D eigenvalue weighted by Crippen LogP contribution is -2.36. The van der Waals surface area contributed by atoms with Gasteiger partial charge in [0.1, 0.15) is 5.60 Å². The van der Waals surface area contributed by atoms with Crippen LogP contribution in [-0.2, 0) is 4.79 Å². The zero-order chi connectivity index (χ0) is 8.20. The predicted octanol–water partition coefficient (Wildman–Crippen LogP) is 1.52. The maximum atomic E-state index is 11.0. The molecule has 0 fully saturated rings. The van der Waals surface area contributed by atoms with E-state index in [-0.39, 0.29) is 5.78 Å². The summed E-state index contributed by atoms with van der Waals surface area (Å²) in [6.07, 6.45) is 1.48. The number of hydrogen-bond donors (Lipinski definition) is 1. The molecule has 0 atom stereocenters. The van der Waals surface area contributed by atoms with E-state index in [1.54, 1.807) is 6.92 Å². The van der Waals surface area contributed by atoms with Crippen LogP contribution in [0.3, 0.4) is 0 Å². The highest BCUT2D eigenvalue weighted by atomic mass is 16.3. The minimum atomic E-state index is -1.05. The fourth-order valence-electron chi connectivity index (χ4n) is 0.973. The topological polar surface area (TPSA) is 37.3 Å². The second-order valence-electron chi connectivity index (χ2n) is 2.52. The Morgan fingerprint density at radius 3 is 1.80 bits per heavy atom. The van der Waals surface area contributed by atoms with Crippen molar-refractivity contribution in [1.29, 1.82) is 0 Å². The van der Waals surface area contributed by atoms with Gasteiger partial charge in [-0.3, -0.25) is 4.79 Å². The molecule has 0 aromatic heterocycles. The van der Waals surface area contributed by atoms with Crippen molar-refractivity contribution in [2.75, 3.05) is 0 Å². The highest BCUT2D eigenvalue weighted by Crippen LogP contribution is 2.16. The number of Topliss-reactive ketones (excluding diaryl/α,β-unsaturated/α-hetero) is 1. The average molecular weight is 144 g/mol. The molecule has 60 valence electrons. The van der Waals surface area contributed by atoms with E-state index in [4.69, 9.17) is 0 Å². The zero-order valence-electron chi connectivity index (χ0n) is 6.98. The van der Waals surface area contributed by atoms with Crippen molar-refractivity contribution < 1.29 is 9.90 Å². The summed E-state index contributed by atoms with van der Waals surface area (Å²) in [5.74, 6) is -0.0440. The highest BCUT2D eigenvalue weighted by molar-refractivity contribution is 5.86. The van der Waals surface area contributed by atoms with Crippen LogP contribution in [0.1, 0.15) is 40.0 Å². The maximum absolute atomic E-state index is 11.0. The largest absolute Gasteiger partial charge is 0.382 e. The molecule has 0 aromatic rings. The monoisotopic (exact) mass is 144 g/mol. The summed E-state index contributed by atoms with van der Waals surface area (Å²) >= 11 is 0. The summed E-state index contributed by atoms with van der Waals surface area (Å²) in [5, 5.41) is 9.55. The number of hydrogen-bond acceptors (Lipinski definition) is 2. The number of carbonyl (C=O) groups excluding carboxylic acids is 1. The smallest absolute Gasteiger partial charge is 0.164 e. The van der Waals surface area contributed by atoms with Gasteiger partial charge in [-0.25, -0.2) is 0 Å². The van der Waals surface area contributed by atoms with Gasteiger partial charge in [-0.15, -0.1) is 0 Å². The first-order valence-corrected chi connectivity index (χ1v) is 3.86. The van der Waals surface area contributed by atoms with Crippen LogP contribution in [0.2, 0.25) is 0 Å². The van der Waals surface area contributed by atoms with E-state index in [0.717, 1.165) is 0 Å². The Bertz CT molecular complexity index is 114. The van der Waals surface area contributed by atoms with Crippen LogP contribution in [-0.4, -0.2) is 16.5 Å². The van der Waals surface area contributed by atoms with Gasteiger partial charge in [0.2, 0.25) is 0 Å². The van der Waals surface area contributed by atoms with E-state index in [0.29, 0.717) is 19.3 Å². The van der Waals surface area contributed by atoms with Gasteiger partial charge < -0.3 is 5.11 Å². The van der Waals surface area contributed by atoms with Gasteiger partial charge >= 0.3 is 0 Å². The Morgan fingerprint density at radius 1 is 1.30 bits per heavy atom. The molecule has 0 aliphatic heterocycles. The van der Waals surface area contributed by atoms with E-state index in [1.807, 2.05) is 13.8 Å². The fourth-order valence-corrected chi connectivity index (χ4v) is 0.973. The third kappa shape index (κ3) is 1.81. The molecule has 0 spiro atoms. The Hall–Kier alpha value is -0.370. The van der Waals surface area contributed by atoms with Crippen molar-refractivity contribution in [3.63, 3.8) is 0 Å². The Labute approximate surface area is 62.2 Å². The molecule has 0 aliphatic rings.